The molecule has 2 heterocycles. The monoisotopic (exact) mass is 468 g/mol. The van der Waals surface area contributed by atoms with Gasteiger partial charge in [0, 0.05) is 22.8 Å². The van der Waals surface area contributed by atoms with Crippen molar-refractivity contribution in [1.29, 1.82) is 0 Å². The number of ether oxygens (including phenoxy) is 1. The lowest BCUT2D eigenvalue weighted by atomic mass is 9.93. The predicted octanol–water partition coefficient (Wildman–Crippen LogP) is 2.88. The molecule has 0 saturated heterocycles. The summed E-state index contributed by atoms with van der Waals surface area (Å²) >= 11 is 3.41. The van der Waals surface area contributed by atoms with Gasteiger partial charge in [0.1, 0.15) is 17.1 Å². The van der Waals surface area contributed by atoms with E-state index in [2.05, 4.69) is 20.9 Å². The van der Waals surface area contributed by atoms with Gasteiger partial charge in [0.15, 0.2) is 6.73 Å². The van der Waals surface area contributed by atoms with Gasteiger partial charge in [0.25, 0.3) is 0 Å². The van der Waals surface area contributed by atoms with E-state index in [4.69, 9.17) is 10.5 Å². The van der Waals surface area contributed by atoms with Crippen LogP contribution < -0.4 is 15.4 Å². The number of nitrogens with two attached hydrogens (primary N) is 1. The number of anilines is 2. The second kappa shape index (κ2) is 6.35. The van der Waals surface area contributed by atoms with Crippen LogP contribution in [0.5, 0.6) is 5.75 Å². The number of guanidine groups is 1. The Labute approximate surface area is 170 Å². The molecule has 0 unspecified atom stereocenters. The van der Waals surface area contributed by atoms with Crippen molar-refractivity contribution in [1.82, 2.24) is 4.31 Å². The van der Waals surface area contributed by atoms with Crippen LogP contribution in [0.15, 0.2) is 45.9 Å². The molecular formula is C18H18BrFN4O3S. The van der Waals surface area contributed by atoms with Gasteiger partial charge in [-0.1, -0.05) is 15.9 Å². The zero-order chi connectivity index (χ0) is 20.3. The summed E-state index contributed by atoms with van der Waals surface area (Å²) < 4.78 is 47.1. The fourth-order valence-electron chi connectivity index (χ4n) is 3.43. The molecular weight excluding hydrogens is 451 g/mol. The third-order valence-corrected chi connectivity index (χ3v) is 7.41. The summed E-state index contributed by atoms with van der Waals surface area (Å²) in [6, 6.07) is 10.2. The lowest BCUT2D eigenvalue weighted by Gasteiger charge is -2.35. The Bertz CT molecular complexity index is 1110. The van der Waals surface area contributed by atoms with Crippen LogP contribution in [0, 0.1) is 5.82 Å². The summed E-state index contributed by atoms with van der Waals surface area (Å²) in [7, 11) is -2.37. The second-order valence-corrected chi connectivity index (χ2v) is 9.86. The molecule has 2 aliphatic heterocycles. The quantitative estimate of drug-likeness (QED) is 0.731. The fourth-order valence-corrected chi connectivity index (χ4v) is 5.22. The van der Waals surface area contributed by atoms with Crippen LogP contribution >= 0.6 is 15.9 Å². The standard InChI is InChI=1S/C18H18BrFN4O3S/c1-18(9-28(25,26)23(2)17(21)22-18)13-8-12(4-5-14(13)20)24-10-27-16-7-11(19)3-6-15(16)24/h3-8H,9-10H2,1-2H3,(H2,21,22)/t18-/m0/s1. The first-order chi connectivity index (χ1) is 13.1. The molecule has 0 fully saturated rings. The van der Waals surface area contributed by atoms with Gasteiger partial charge >= 0.3 is 0 Å². The Morgan fingerprint density at radius 3 is 2.75 bits per heavy atom. The summed E-state index contributed by atoms with van der Waals surface area (Å²) in [5.41, 5.74) is 6.13. The number of nitrogens with zero attached hydrogens (tertiary/aromatic N) is 3. The molecule has 28 heavy (non-hydrogen) atoms. The maximum absolute atomic E-state index is 14.7. The highest BCUT2D eigenvalue weighted by molar-refractivity contribution is 9.10. The lowest BCUT2D eigenvalue weighted by Crippen LogP contribution is -2.50. The van der Waals surface area contributed by atoms with Gasteiger partial charge in [0.05, 0.1) is 11.4 Å². The number of sulfonamides is 1. The van der Waals surface area contributed by atoms with Crippen molar-refractivity contribution in [3.63, 3.8) is 0 Å². The molecule has 1 atom stereocenters. The Morgan fingerprint density at radius 2 is 2.04 bits per heavy atom. The van der Waals surface area contributed by atoms with Gasteiger partial charge < -0.3 is 15.4 Å². The Balaban J connectivity index is 1.80. The summed E-state index contributed by atoms with van der Waals surface area (Å²) in [6.07, 6.45) is 0. The van der Waals surface area contributed by atoms with E-state index in [1.54, 1.807) is 19.1 Å². The zero-order valence-corrected chi connectivity index (χ0v) is 17.6. The van der Waals surface area contributed by atoms with Gasteiger partial charge in [0.2, 0.25) is 16.0 Å². The molecule has 10 heteroatoms. The molecule has 0 saturated carbocycles. The SMILES string of the molecule is CN1C(N)=N[C@](C)(c2cc(N3COc4cc(Br)ccc43)ccc2F)CS1(=O)=O. The van der Waals surface area contributed by atoms with Crippen molar-refractivity contribution in [2.75, 3.05) is 24.4 Å². The number of hydrogen-bond acceptors (Lipinski definition) is 6. The maximum atomic E-state index is 14.7. The Morgan fingerprint density at radius 1 is 1.29 bits per heavy atom. The minimum Gasteiger partial charge on any atom is -0.471 e. The molecule has 0 amide bonds. The highest BCUT2D eigenvalue weighted by Gasteiger charge is 2.42. The summed E-state index contributed by atoms with van der Waals surface area (Å²) in [5, 5.41) is 0. The molecule has 7 nitrogen and oxygen atoms in total. The highest BCUT2D eigenvalue weighted by Crippen LogP contribution is 2.42. The number of rotatable bonds is 2. The number of aliphatic imine (C=N–C) groups is 1. The van der Waals surface area contributed by atoms with E-state index in [0.29, 0.717) is 11.4 Å². The summed E-state index contributed by atoms with van der Waals surface area (Å²) in [6.45, 7) is 1.83. The largest absolute Gasteiger partial charge is 0.471 e. The van der Waals surface area contributed by atoms with Gasteiger partial charge in [-0.2, -0.15) is 0 Å². The minimum absolute atomic E-state index is 0.162. The van der Waals surface area contributed by atoms with Gasteiger partial charge in [-0.05, 0) is 43.3 Å². The number of fused-ring (bicyclic) bond motifs is 1. The Kier molecular flexibility index (Phi) is 4.31. The van der Waals surface area contributed by atoms with Crippen molar-refractivity contribution in [2.45, 2.75) is 12.5 Å². The molecule has 0 aliphatic carbocycles. The molecule has 0 radical (unpaired) electrons. The van der Waals surface area contributed by atoms with Crippen LogP contribution in [0.25, 0.3) is 0 Å². The summed E-state index contributed by atoms with van der Waals surface area (Å²) in [5.74, 6) is -0.384. The molecule has 0 aromatic heterocycles. The molecule has 0 bridgehead atoms. The van der Waals surface area contributed by atoms with Crippen LogP contribution in [0.3, 0.4) is 0 Å². The van der Waals surface area contributed by atoms with Crippen LogP contribution in [0.4, 0.5) is 15.8 Å². The van der Waals surface area contributed by atoms with Crippen LogP contribution in [0.2, 0.25) is 0 Å². The van der Waals surface area contributed by atoms with Gasteiger partial charge in [-0.25, -0.2) is 22.1 Å². The smallest absolute Gasteiger partial charge is 0.239 e. The van der Waals surface area contributed by atoms with E-state index in [1.807, 2.05) is 23.1 Å². The first-order valence-corrected chi connectivity index (χ1v) is 10.8. The van der Waals surface area contributed by atoms with E-state index >= 15 is 0 Å². The highest BCUT2D eigenvalue weighted by atomic mass is 79.9. The van der Waals surface area contributed by atoms with Crippen molar-refractivity contribution < 1.29 is 17.5 Å². The fraction of sp³-hybridized carbons (Fsp3) is 0.278. The van der Waals surface area contributed by atoms with E-state index in [1.165, 1.54) is 13.1 Å². The molecule has 2 N–H and O–H groups in total. The normalized spacial score (nSPS) is 23.2. The Hall–Kier alpha value is -2.33. The number of halogens is 2. The molecule has 2 aromatic carbocycles. The molecule has 148 valence electrons. The second-order valence-electron chi connectivity index (χ2n) is 6.95. The molecule has 4 rings (SSSR count). The topological polar surface area (TPSA) is 88.2 Å². The average molecular weight is 469 g/mol. The van der Waals surface area contributed by atoms with Crippen molar-refractivity contribution in [3.05, 3.63) is 52.3 Å². The number of benzene rings is 2. The molecule has 0 spiro atoms. The van der Waals surface area contributed by atoms with Crippen LogP contribution in [-0.4, -0.2) is 38.2 Å². The van der Waals surface area contributed by atoms with Crippen molar-refractivity contribution in [2.24, 2.45) is 10.7 Å². The maximum Gasteiger partial charge on any atom is 0.239 e. The predicted molar refractivity (Wildman–Crippen MR) is 109 cm³/mol. The van der Waals surface area contributed by atoms with Crippen molar-refractivity contribution in [3.8, 4) is 5.75 Å². The van der Waals surface area contributed by atoms with E-state index in [9.17, 15) is 12.8 Å². The third-order valence-electron chi connectivity index (χ3n) is 4.97. The zero-order valence-electron chi connectivity index (χ0n) is 15.2. The third kappa shape index (κ3) is 3.00. The first kappa shape index (κ1) is 19.0. The minimum atomic E-state index is -3.70. The average Bonchev–Trinajstić information content (AvgIpc) is 3.02. The number of hydrogen-bond donors (Lipinski definition) is 1. The van der Waals surface area contributed by atoms with Crippen LogP contribution in [0.1, 0.15) is 12.5 Å². The van der Waals surface area contributed by atoms with Gasteiger partial charge in [-0.3, -0.25) is 0 Å². The van der Waals surface area contributed by atoms with Gasteiger partial charge in [-0.15, -0.1) is 0 Å². The van der Waals surface area contributed by atoms with Crippen molar-refractivity contribution >= 4 is 43.3 Å². The molecule has 2 aromatic rings. The summed E-state index contributed by atoms with van der Waals surface area (Å²) in [4.78, 5) is 6.17. The van der Waals surface area contributed by atoms with E-state index in [-0.39, 0.29) is 24.0 Å². The first-order valence-electron chi connectivity index (χ1n) is 8.43. The van der Waals surface area contributed by atoms with E-state index in [0.717, 1.165) is 14.5 Å². The molecule has 2 aliphatic rings. The van der Waals surface area contributed by atoms with Crippen LogP contribution in [-0.2, 0) is 15.6 Å². The lowest BCUT2D eigenvalue weighted by molar-refractivity contribution is 0.357. The van der Waals surface area contributed by atoms with E-state index < -0.39 is 21.4 Å².